The number of nitrogens with one attached hydrogen (secondary N) is 3. The van der Waals surface area contributed by atoms with Crippen LogP contribution in [0.15, 0.2) is 47.8 Å². The van der Waals surface area contributed by atoms with E-state index in [-0.39, 0.29) is 0 Å². The van der Waals surface area contributed by atoms with Crippen molar-refractivity contribution < 1.29 is 0 Å². The molecule has 0 aliphatic carbocycles. The van der Waals surface area contributed by atoms with E-state index in [0.29, 0.717) is 19.6 Å². The second-order valence-electron chi connectivity index (χ2n) is 7.47. The highest BCUT2D eigenvalue weighted by Crippen LogP contribution is 2.18. The van der Waals surface area contributed by atoms with Gasteiger partial charge in [0.15, 0.2) is 11.6 Å². The van der Waals surface area contributed by atoms with Crippen LogP contribution in [0.25, 0.3) is 16.7 Å². The summed E-state index contributed by atoms with van der Waals surface area (Å²) in [4.78, 5) is 12.9. The Kier molecular flexibility index (Phi) is 6.29. The predicted octanol–water partition coefficient (Wildman–Crippen LogP) is 1.94. The molecule has 0 amide bonds. The van der Waals surface area contributed by atoms with Gasteiger partial charge in [0.1, 0.15) is 12.1 Å². The fourth-order valence-electron chi connectivity index (χ4n) is 3.60. The van der Waals surface area contributed by atoms with Crippen molar-refractivity contribution in [1.29, 1.82) is 0 Å². The van der Waals surface area contributed by atoms with Crippen LogP contribution in [0.2, 0.25) is 0 Å². The molecule has 10 nitrogen and oxygen atoms in total. The Morgan fingerprint density at radius 1 is 1.09 bits per heavy atom. The molecular formula is C22H28N10. The van der Waals surface area contributed by atoms with Gasteiger partial charge in [-0.25, -0.2) is 14.6 Å². The van der Waals surface area contributed by atoms with Crippen molar-refractivity contribution in [3.05, 3.63) is 59.8 Å². The van der Waals surface area contributed by atoms with Crippen LogP contribution >= 0.6 is 0 Å². The van der Waals surface area contributed by atoms with Gasteiger partial charge in [0.2, 0.25) is 0 Å². The fourth-order valence-corrected chi connectivity index (χ4v) is 3.60. The zero-order valence-corrected chi connectivity index (χ0v) is 18.8. The van der Waals surface area contributed by atoms with Crippen molar-refractivity contribution >= 4 is 22.8 Å². The number of fused-ring (bicyclic) bond motifs is 1. The summed E-state index contributed by atoms with van der Waals surface area (Å²) >= 11 is 0. The van der Waals surface area contributed by atoms with Crippen LogP contribution in [0.3, 0.4) is 0 Å². The number of aromatic nitrogens is 6. The van der Waals surface area contributed by atoms with Crippen LogP contribution in [0.4, 0.5) is 5.82 Å². The van der Waals surface area contributed by atoms with E-state index in [1.54, 1.807) is 24.3 Å². The lowest BCUT2D eigenvalue weighted by Crippen LogP contribution is -2.39. The Morgan fingerprint density at radius 3 is 2.72 bits per heavy atom. The zero-order chi connectivity index (χ0) is 22.5. The fraction of sp³-hybridized carbons (Fsp3) is 0.318. The molecule has 166 valence electrons. The molecule has 0 unspecified atom stereocenters. The Bertz CT molecular complexity index is 1240. The van der Waals surface area contributed by atoms with E-state index in [1.807, 2.05) is 30.8 Å². The number of guanidine groups is 1. The van der Waals surface area contributed by atoms with E-state index in [2.05, 4.69) is 66.2 Å². The molecule has 10 heteroatoms. The Labute approximate surface area is 186 Å². The van der Waals surface area contributed by atoms with Gasteiger partial charge >= 0.3 is 0 Å². The highest BCUT2D eigenvalue weighted by molar-refractivity contribution is 5.86. The third-order valence-electron chi connectivity index (χ3n) is 5.14. The van der Waals surface area contributed by atoms with Crippen LogP contribution in [0.1, 0.15) is 17.0 Å². The summed E-state index contributed by atoms with van der Waals surface area (Å²) in [5, 5.41) is 19.8. The van der Waals surface area contributed by atoms with Crippen LogP contribution in [0, 0.1) is 13.8 Å². The molecule has 0 spiro atoms. The summed E-state index contributed by atoms with van der Waals surface area (Å²) in [6.45, 7) is 6.04. The molecule has 0 aliphatic rings. The molecule has 0 fully saturated rings. The van der Waals surface area contributed by atoms with Gasteiger partial charge in [0, 0.05) is 39.4 Å². The van der Waals surface area contributed by atoms with Gasteiger partial charge in [-0.1, -0.05) is 18.2 Å². The lowest BCUT2D eigenvalue weighted by Gasteiger charge is -2.15. The van der Waals surface area contributed by atoms with Crippen LogP contribution in [-0.2, 0) is 13.6 Å². The minimum Gasteiger partial charge on any atom is -0.368 e. The Morgan fingerprint density at radius 2 is 1.94 bits per heavy atom. The molecule has 0 saturated carbocycles. The summed E-state index contributed by atoms with van der Waals surface area (Å²) in [5.41, 5.74) is 5.11. The third-order valence-corrected chi connectivity index (χ3v) is 5.14. The van der Waals surface area contributed by atoms with Crippen LogP contribution < -0.4 is 16.0 Å². The number of hydrogen-bond acceptors (Lipinski definition) is 6. The first-order valence-corrected chi connectivity index (χ1v) is 10.5. The highest BCUT2D eigenvalue weighted by atomic mass is 15.3. The van der Waals surface area contributed by atoms with Crippen molar-refractivity contribution in [1.82, 2.24) is 40.2 Å². The third kappa shape index (κ3) is 4.53. The smallest absolute Gasteiger partial charge is 0.191 e. The average Bonchev–Trinajstić information content (AvgIpc) is 3.35. The quantitative estimate of drug-likeness (QED) is 0.233. The maximum absolute atomic E-state index is 4.62. The van der Waals surface area contributed by atoms with Gasteiger partial charge in [-0.05, 0) is 31.5 Å². The summed E-state index contributed by atoms with van der Waals surface area (Å²) in [6.07, 6.45) is 3.31. The number of anilines is 1. The van der Waals surface area contributed by atoms with Crippen molar-refractivity contribution in [2.45, 2.75) is 20.4 Å². The number of rotatable bonds is 7. The first kappa shape index (κ1) is 21.3. The molecule has 1 aromatic carbocycles. The van der Waals surface area contributed by atoms with E-state index in [0.717, 1.165) is 45.4 Å². The molecule has 3 heterocycles. The topological polar surface area (TPSA) is 110 Å². The lowest BCUT2D eigenvalue weighted by molar-refractivity contribution is 0.782. The van der Waals surface area contributed by atoms with Gasteiger partial charge in [-0.15, -0.1) is 0 Å². The number of hydrogen-bond donors (Lipinski definition) is 3. The summed E-state index contributed by atoms with van der Waals surface area (Å²) in [7, 11) is 3.63. The first-order valence-electron chi connectivity index (χ1n) is 10.5. The molecule has 0 aliphatic heterocycles. The number of aryl methyl sites for hydroxylation is 3. The van der Waals surface area contributed by atoms with Gasteiger partial charge in [-0.2, -0.15) is 10.2 Å². The normalized spacial score (nSPS) is 11.7. The molecule has 4 aromatic rings. The van der Waals surface area contributed by atoms with E-state index in [1.165, 1.54) is 0 Å². The Hall–Kier alpha value is -3.95. The van der Waals surface area contributed by atoms with Gasteiger partial charge in [0.25, 0.3) is 0 Å². The monoisotopic (exact) mass is 432 g/mol. The second-order valence-corrected chi connectivity index (χ2v) is 7.47. The summed E-state index contributed by atoms with van der Waals surface area (Å²) in [5.74, 6) is 1.50. The molecule has 3 N–H and O–H groups in total. The lowest BCUT2D eigenvalue weighted by atomic mass is 10.1. The van der Waals surface area contributed by atoms with Crippen molar-refractivity contribution in [2.75, 3.05) is 25.5 Å². The van der Waals surface area contributed by atoms with Gasteiger partial charge in [0.05, 0.1) is 23.0 Å². The van der Waals surface area contributed by atoms with E-state index < -0.39 is 0 Å². The molecular weight excluding hydrogens is 404 g/mol. The SMILES string of the molecule is CN=C(NCCNc1ncnc2c1cnn2C)NCc1ccccc1-n1nc(C)cc1C. The minimum atomic E-state index is 0.629. The van der Waals surface area contributed by atoms with E-state index in [9.17, 15) is 0 Å². The first-order chi connectivity index (χ1) is 15.6. The van der Waals surface area contributed by atoms with E-state index >= 15 is 0 Å². The molecule has 32 heavy (non-hydrogen) atoms. The second kappa shape index (κ2) is 9.46. The maximum Gasteiger partial charge on any atom is 0.191 e. The minimum absolute atomic E-state index is 0.629. The number of nitrogens with zero attached hydrogens (tertiary/aromatic N) is 7. The number of para-hydroxylation sites is 1. The summed E-state index contributed by atoms with van der Waals surface area (Å²) in [6, 6.07) is 10.3. The van der Waals surface area contributed by atoms with Gasteiger partial charge in [-0.3, -0.25) is 9.67 Å². The predicted molar refractivity (Wildman–Crippen MR) is 126 cm³/mol. The van der Waals surface area contributed by atoms with Crippen molar-refractivity contribution in [2.24, 2.45) is 12.0 Å². The van der Waals surface area contributed by atoms with Crippen LogP contribution in [0.5, 0.6) is 0 Å². The molecule has 3 aromatic heterocycles. The molecule has 0 atom stereocenters. The zero-order valence-electron chi connectivity index (χ0n) is 18.8. The van der Waals surface area contributed by atoms with Crippen LogP contribution in [-0.4, -0.2) is 55.6 Å². The van der Waals surface area contributed by atoms with Gasteiger partial charge < -0.3 is 16.0 Å². The van der Waals surface area contributed by atoms with Crippen molar-refractivity contribution in [3.63, 3.8) is 0 Å². The Balaban J connectivity index is 1.33. The largest absolute Gasteiger partial charge is 0.368 e. The summed E-state index contributed by atoms with van der Waals surface area (Å²) < 4.78 is 3.71. The standard InChI is InChI=1S/C22H28N10/c1-15-11-16(2)32(30-15)19-8-6-5-7-17(19)12-26-22(23-3)25-10-9-24-20-18-13-29-31(4)21(18)28-14-27-20/h5-8,11,13-14H,9-10,12H2,1-4H3,(H2,23,25,26)(H,24,27,28). The average molecular weight is 433 g/mol. The van der Waals surface area contributed by atoms with Crippen molar-refractivity contribution in [3.8, 4) is 5.69 Å². The van der Waals surface area contributed by atoms with E-state index in [4.69, 9.17) is 0 Å². The molecule has 4 rings (SSSR count). The number of benzene rings is 1. The maximum atomic E-state index is 4.62. The highest BCUT2D eigenvalue weighted by Gasteiger charge is 2.10. The number of aliphatic imine (C=N–C) groups is 1. The molecule has 0 bridgehead atoms. The molecule has 0 radical (unpaired) electrons. The molecule has 0 saturated heterocycles.